The SMILES string of the molecule is CC(C)(C)[Si](C)(C)O[C@]12C[C@@H]3CC[C@@H]4[C@H](CC[C@]5(C)C(=O)CC[C@@H]45)C34[C@@H](C1)[C@@H]4O2. The molecule has 162 valence electrons. The Bertz CT molecular complexity index is 755. The molecule has 2 heterocycles. The molecule has 1 spiro atoms. The van der Waals surface area contributed by atoms with E-state index in [9.17, 15) is 4.79 Å². The third kappa shape index (κ3) is 2.20. The Labute approximate surface area is 177 Å². The van der Waals surface area contributed by atoms with Gasteiger partial charge in [-0.25, -0.2) is 0 Å². The number of Topliss-reactive ketones (excluding diaryl/α,β-unsaturated/α-hetero) is 1. The van der Waals surface area contributed by atoms with Gasteiger partial charge in [0.1, 0.15) is 5.78 Å². The lowest BCUT2D eigenvalue weighted by Gasteiger charge is -2.59. The number of fused-ring (bicyclic) bond motifs is 3. The smallest absolute Gasteiger partial charge is 0.195 e. The highest BCUT2D eigenvalue weighted by Crippen LogP contribution is 2.82. The van der Waals surface area contributed by atoms with Crippen LogP contribution in [-0.4, -0.2) is 26.0 Å². The Morgan fingerprint density at radius 1 is 1.03 bits per heavy atom. The van der Waals surface area contributed by atoms with Crippen molar-refractivity contribution in [2.24, 2.45) is 40.4 Å². The molecule has 3 nitrogen and oxygen atoms in total. The van der Waals surface area contributed by atoms with Crippen LogP contribution < -0.4 is 0 Å². The van der Waals surface area contributed by atoms with Gasteiger partial charge in [-0.2, -0.15) is 0 Å². The molecule has 0 radical (unpaired) electrons. The van der Waals surface area contributed by atoms with Crippen LogP contribution in [0, 0.1) is 40.4 Å². The van der Waals surface area contributed by atoms with Gasteiger partial charge < -0.3 is 9.16 Å². The lowest BCUT2D eigenvalue weighted by Crippen LogP contribution is -2.59. The fourth-order valence-corrected chi connectivity index (χ4v) is 10.6. The Kier molecular flexibility index (Phi) is 3.63. The first-order chi connectivity index (χ1) is 13.4. The lowest BCUT2D eigenvalue weighted by atomic mass is 9.48. The molecule has 4 bridgehead atoms. The van der Waals surface area contributed by atoms with E-state index in [2.05, 4.69) is 40.8 Å². The zero-order chi connectivity index (χ0) is 20.6. The van der Waals surface area contributed by atoms with E-state index < -0.39 is 8.32 Å². The van der Waals surface area contributed by atoms with E-state index in [1.807, 2.05) is 0 Å². The third-order valence-electron chi connectivity index (χ3n) is 11.4. The molecule has 2 aliphatic heterocycles. The molecule has 0 aromatic rings. The molecule has 7 fully saturated rings. The molecule has 7 rings (SSSR count). The molecule has 0 amide bonds. The topological polar surface area (TPSA) is 35.5 Å². The number of ether oxygens (including phenoxy) is 1. The van der Waals surface area contributed by atoms with Crippen molar-refractivity contribution < 1.29 is 14.0 Å². The monoisotopic (exact) mass is 416 g/mol. The van der Waals surface area contributed by atoms with Crippen LogP contribution in [0.5, 0.6) is 0 Å². The van der Waals surface area contributed by atoms with E-state index in [1.165, 1.54) is 19.3 Å². The third-order valence-corrected chi connectivity index (χ3v) is 15.9. The van der Waals surface area contributed by atoms with Crippen LogP contribution in [0.2, 0.25) is 18.1 Å². The molecular formula is C25H40O3Si. The lowest BCUT2D eigenvalue weighted by molar-refractivity contribution is -0.260. The molecule has 1 unspecified atom stereocenters. The van der Waals surface area contributed by atoms with Crippen LogP contribution in [0.1, 0.15) is 79.1 Å². The first-order valence-corrected chi connectivity index (χ1v) is 15.3. The molecule has 9 atom stereocenters. The van der Waals surface area contributed by atoms with Crippen molar-refractivity contribution >= 4 is 14.1 Å². The molecule has 29 heavy (non-hydrogen) atoms. The predicted molar refractivity (Wildman–Crippen MR) is 116 cm³/mol. The quantitative estimate of drug-likeness (QED) is 0.523. The average molecular weight is 417 g/mol. The molecule has 2 saturated heterocycles. The number of hydrogen-bond donors (Lipinski definition) is 0. The highest BCUT2D eigenvalue weighted by atomic mass is 28.4. The van der Waals surface area contributed by atoms with E-state index in [-0.39, 0.29) is 16.2 Å². The summed E-state index contributed by atoms with van der Waals surface area (Å²) in [6, 6.07) is 0. The van der Waals surface area contributed by atoms with Crippen molar-refractivity contribution in [2.75, 3.05) is 0 Å². The van der Waals surface area contributed by atoms with Crippen molar-refractivity contribution in [3.05, 3.63) is 0 Å². The van der Waals surface area contributed by atoms with E-state index in [4.69, 9.17) is 9.16 Å². The second-order valence-electron chi connectivity index (χ2n) is 13.4. The van der Waals surface area contributed by atoms with Gasteiger partial charge in [0.25, 0.3) is 0 Å². The second kappa shape index (κ2) is 5.40. The van der Waals surface area contributed by atoms with Gasteiger partial charge in [0.05, 0.1) is 6.10 Å². The number of ketones is 1. The van der Waals surface area contributed by atoms with Gasteiger partial charge in [0, 0.05) is 30.1 Å². The fraction of sp³-hybridized carbons (Fsp3) is 0.960. The number of rotatable bonds is 2. The van der Waals surface area contributed by atoms with Gasteiger partial charge in [-0.3, -0.25) is 4.79 Å². The van der Waals surface area contributed by atoms with Crippen molar-refractivity contribution in [3.8, 4) is 0 Å². The van der Waals surface area contributed by atoms with E-state index in [1.54, 1.807) is 0 Å². The average Bonchev–Trinajstić information content (AvgIpc) is 2.92. The summed E-state index contributed by atoms with van der Waals surface area (Å²) in [5, 5.41) is 0.229. The normalized spacial score (nSPS) is 55.3. The highest BCUT2D eigenvalue weighted by molar-refractivity contribution is 6.74. The Morgan fingerprint density at radius 2 is 1.79 bits per heavy atom. The van der Waals surface area contributed by atoms with E-state index in [0.29, 0.717) is 23.2 Å². The van der Waals surface area contributed by atoms with Gasteiger partial charge in [-0.05, 0) is 79.8 Å². The van der Waals surface area contributed by atoms with Gasteiger partial charge in [-0.1, -0.05) is 27.7 Å². The van der Waals surface area contributed by atoms with Crippen LogP contribution >= 0.6 is 0 Å². The maximum absolute atomic E-state index is 12.7. The number of carbonyl (C=O) groups excluding carboxylic acids is 1. The minimum Gasteiger partial charge on any atom is -0.390 e. The van der Waals surface area contributed by atoms with Gasteiger partial charge in [0.2, 0.25) is 0 Å². The number of hydrogen-bond acceptors (Lipinski definition) is 3. The van der Waals surface area contributed by atoms with E-state index in [0.717, 1.165) is 55.8 Å². The maximum atomic E-state index is 12.7. The second-order valence-corrected chi connectivity index (χ2v) is 18.1. The molecule has 5 saturated carbocycles. The van der Waals surface area contributed by atoms with Crippen LogP contribution in [-0.2, 0) is 14.0 Å². The summed E-state index contributed by atoms with van der Waals surface area (Å²) in [5.41, 5.74) is 0.452. The minimum atomic E-state index is -1.84. The molecule has 0 N–H and O–H groups in total. The van der Waals surface area contributed by atoms with Crippen molar-refractivity contribution in [2.45, 2.75) is 109 Å². The molecule has 7 aliphatic rings. The largest absolute Gasteiger partial charge is 0.390 e. The summed E-state index contributed by atoms with van der Waals surface area (Å²) in [7, 11) is -1.84. The molecule has 0 aromatic carbocycles. The zero-order valence-corrected chi connectivity index (χ0v) is 20.3. The highest BCUT2D eigenvalue weighted by Gasteiger charge is 2.84. The summed E-state index contributed by atoms with van der Waals surface area (Å²) in [6.45, 7) is 14.1. The van der Waals surface area contributed by atoms with Gasteiger partial charge >= 0.3 is 0 Å². The predicted octanol–water partition coefficient (Wildman–Crippen LogP) is 5.93. The molecule has 4 heteroatoms. The van der Waals surface area contributed by atoms with Crippen LogP contribution in [0.15, 0.2) is 0 Å². The summed E-state index contributed by atoms with van der Waals surface area (Å²) in [5.74, 6) is 4.07. The molecule has 0 aromatic heterocycles. The Morgan fingerprint density at radius 3 is 2.45 bits per heavy atom. The summed E-state index contributed by atoms with van der Waals surface area (Å²) < 4.78 is 13.9. The van der Waals surface area contributed by atoms with Crippen molar-refractivity contribution in [3.63, 3.8) is 0 Å². The first kappa shape index (κ1) is 19.5. The van der Waals surface area contributed by atoms with Crippen molar-refractivity contribution in [1.82, 2.24) is 0 Å². The van der Waals surface area contributed by atoms with E-state index >= 15 is 0 Å². The maximum Gasteiger partial charge on any atom is 0.195 e. The standard InChI is InChI=1S/C25H40O3Si/c1-22(2,3)29(5,6)28-24-13-15-7-8-16-17-9-10-20(26)23(17,4)12-11-18(16)25(15)19(14-24)21(25)27-24/h15-19,21H,7-14H2,1-6H3/t15-,16-,17-,18-,19-,21-,23-,24+,25?/m0/s1. The number of carbonyl (C=O) groups is 1. The first-order valence-electron chi connectivity index (χ1n) is 12.4. The van der Waals surface area contributed by atoms with Crippen LogP contribution in [0.4, 0.5) is 0 Å². The van der Waals surface area contributed by atoms with Crippen LogP contribution in [0.25, 0.3) is 0 Å². The summed E-state index contributed by atoms with van der Waals surface area (Å²) >= 11 is 0. The fourth-order valence-electron chi connectivity index (χ4n) is 9.11. The summed E-state index contributed by atoms with van der Waals surface area (Å²) in [4.78, 5) is 12.7. The van der Waals surface area contributed by atoms with Crippen LogP contribution in [0.3, 0.4) is 0 Å². The summed E-state index contributed by atoms with van der Waals surface area (Å²) in [6.07, 6.45) is 9.84. The molecular weight excluding hydrogens is 376 g/mol. The molecule has 5 aliphatic carbocycles. The minimum absolute atomic E-state index is 0.000626. The zero-order valence-electron chi connectivity index (χ0n) is 19.3. The van der Waals surface area contributed by atoms with Crippen molar-refractivity contribution in [1.29, 1.82) is 0 Å². The Balaban J connectivity index is 1.27. The van der Waals surface area contributed by atoms with Gasteiger partial charge in [-0.15, -0.1) is 0 Å². The van der Waals surface area contributed by atoms with Gasteiger partial charge in [0.15, 0.2) is 14.1 Å². The Hall–Kier alpha value is -0.193.